The van der Waals surface area contributed by atoms with Gasteiger partial charge in [0, 0.05) is 5.92 Å². The molecule has 1 saturated carbocycles. The summed E-state index contributed by atoms with van der Waals surface area (Å²) in [6.07, 6.45) is 5.97. The Kier molecular flexibility index (Phi) is 4.97. The van der Waals surface area contributed by atoms with Crippen molar-refractivity contribution < 1.29 is 4.79 Å². The molecule has 2 heteroatoms. The normalized spacial score (nSPS) is 26.8. The van der Waals surface area contributed by atoms with Gasteiger partial charge >= 0.3 is 0 Å². The van der Waals surface area contributed by atoms with Crippen molar-refractivity contribution in [2.75, 3.05) is 6.54 Å². The molecule has 1 rings (SSSR count). The third-order valence-electron chi connectivity index (χ3n) is 4.03. The zero-order valence-corrected chi connectivity index (χ0v) is 11.3. The molecule has 1 aliphatic carbocycles. The maximum atomic E-state index is 12.3. The number of nitrogens with one attached hydrogen (secondary N) is 1. The van der Waals surface area contributed by atoms with E-state index >= 15 is 0 Å². The first-order valence-electron chi connectivity index (χ1n) is 6.80. The molecule has 0 atom stereocenters. The first kappa shape index (κ1) is 13.7. The van der Waals surface area contributed by atoms with Crippen LogP contribution in [-0.2, 0) is 4.79 Å². The lowest BCUT2D eigenvalue weighted by Crippen LogP contribution is -2.50. The van der Waals surface area contributed by atoms with Crippen LogP contribution >= 0.6 is 0 Å². The number of carbonyl (C=O) groups excluding carboxylic acids is 1. The van der Waals surface area contributed by atoms with Crippen LogP contribution in [0.2, 0.25) is 0 Å². The highest BCUT2D eigenvalue weighted by molar-refractivity contribution is 5.89. The van der Waals surface area contributed by atoms with Crippen LogP contribution in [-0.4, -0.2) is 17.9 Å². The third kappa shape index (κ3) is 3.31. The third-order valence-corrected chi connectivity index (χ3v) is 4.03. The summed E-state index contributed by atoms with van der Waals surface area (Å²) in [7, 11) is 0. The van der Waals surface area contributed by atoms with E-state index in [0.717, 1.165) is 25.3 Å². The molecule has 94 valence electrons. The fourth-order valence-corrected chi connectivity index (χ4v) is 2.87. The van der Waals surface area contributed by atoms with Crippen molar-refractivity contribution in [1.82, 2.24) is 5.32 Å². The second-order valence-electron chi connectivity index (χ2n) is 5.65. The minimum Gasteiger partial charge on any atom is -0.306 e. The Hall–Kier alpha value is -0.370. The predicted molar refractivity (Wildman–Crippen MR) is 68.5 cm³/mol. The second-order valence-corrected chi connectivity index (χ2v) is 5.65. The predicted octanol–water partition coefficient (Wildman–Crippen LogP) is 3.16. The first-order chi connectivity index (χ1) is 7.51. The Morgan fingerprint density at radius 3 is 2.19 bits per heavy atom. The van der Waals surface area contributed by atoms with Gasteiger partial charge in [-0.25, -0.2) is 0 Å². The topological polar surface area (TPSA) is 29.1 Å². The van der Waals surface area contributed by atoms with E-state index in [0.29, 0.717) is 11.7 Å². The van der Waals surface area contributed by atoms with Crippen LogP contribution in [0.4, 0.5) is 0 Å². The minimum absolute atomic E-state index is 0.303. The second kappa shape index (κ2) is 5.81. The highest BCUT2D eigenvalue weighted by atomic mass is 16.1. The summed E-state index contributed by atoms with van der Waals surface area (Å²) >= 11 is 0. The minimum atomic E-state index is -0.335. The standard InChI is InChI=1S/C14H27NO/c1-5-11-7-9-12(10-8-11)13(16)14(3,4)15-6-2/h11-12,15H,5-10H2,1-4H3. The van der Waals surface area contributed by atoms with Crippen LogP contribution in [0.1, 0.15) is 59.8 Å². The van der Waals surface area contributed by atoms with E-state index in [1.807, 2.05) is 13.8 Å². The van der Waals surface area contributed by atoms with Gasteiger partial charge in [-0.05, 0) is 52.0 Å². The maximum absolute atomic E-state index is 12.3. The van der Waals surface area contributed by atoms with E-state index in [-0.39, 0.29) is 5.54 Å². The summed E-state index contributed by atoms with van der Waals surface area (Å²) in [5.41, 5.74) is -0.335. The van der Waals surface area contributed by atoms with Gasteiger partial charge in [-0.1, -0.05) is 20.3 Å². The van der Waals surface area contributed by atoms with Crippen LogP contribution in [0.25, 0.3) is 0 Å². The van der Waals surface area contributed by atoms with E-state index in [9.17, 15) is 4.79 Å². The molecule has 0 aromatic carbocycles. The lowest BCUT2D eigenvalue weighted by molar-refractivity contribution is -0.129. The molecular formula is C14H27NO. The fourth-order valence-electron chi connectivity index (χ4n) is 2.87. The average molecular weight is 225 g/mol. The summed E-state index contributed by atoms with van der Waals surface area (Å²) in [4.78, 5) is 12.3. The lowest BCUT2D eigenvalue weighted by atomic mass is 9.75. The summed E-state index contributed by atoms with van der Waals surface area (Å²) in [5.74, 6) is 1.59. The Balaban J connectivity index is 2.50. The van der Waals surface area contributed by atoms with Crippen LogP contribution in [0.15, 0.2) is 0 Å². The summed E-state index contributed by atoms with van der Waals surface area (Å²) < 4.78 is 0. The number of hydrogen-bond acceptors (Lipinski definition) is 2. The largest absolute Gasteiger partial charge is 0.306 e. The van der Waals surface area contributed by atoms with Crippen molar-refractivity contribution in [3.8, 4) is 0 Å². The van der Waals surface area contributed by atoms with E-state index in [2.05, 4.69) is 19.2 Å². The van der Waals surface area contributed by atoms with Gasteiger partial charge in [0.1, 0.15) is 0 Å². The molecule has 0 spiro atoms. The van der Waals surface area contributed by atoms with Gasteiger partial charge in [-0.2, -0.15) is 0 Å². The Labute approximate surface area is 100 Å². The van der Waals surface area contributed by atoms with Crippen molar-refractivity contribution >= 4 is 5.78 Å². The van der Waals surface area contributed by atoms with Crippen LogP contribution in [0.5, 0.6) is 0 Å². The fraction of sp³-hybridized carbons (Fsp3) is 0.929. The molecule has 0 aliphatic heterocycles. The van der Waals surface area contributed by atoms with Crippen molar-refractivity contribution in [2.45, 2.75) is 65.3 Å². The van der Waals surface area contributed by atoms with E-state index in [1.165, 1.54) is 19.3 Å². The van der Waals surface area contributed by atoms with Gasteiger partial charge in [0.2, 0.25) is 0 Å². The Morgan fingerprint density at radius 2 is 1.75 bits per heavy atom. The Bertz CT molecular complexity index is 227. The molecule has 0 saturated heterocycles. The van der Waals surface area contributed by atoms with Crippen molar-refractivity contribution in [3.63, 3.8) is 0 Å². The molecule has 0 aromatic heterocycles. The van der Waals surface area contributed by atoms with Crippen molar-refractivity contribution in [2.24, 2.45) is 11.8 Å². The Morgan fingerprint density at radius 1 is 1.19 bits per heavy atom. The van der Waals surface area contributed by atoms with Gasteiger partial charge in [0.25, 0.3) is 0 Å². The average Bonchev–Trinajstić information content (AvgIpc) is 2.28. The summed E-state index contributed by atoms with van der Waals surface area (Å²) in [6, 6.07) is 0. The summed E-state index contributed by atoms with van der Waals surface area (Å²) in [5, 5.41) is 3.29. The molecule has 0 heterocycles. The smallest absolute Gasteiger partial charge is 0.155 e. The van der Waals surface area contributed by atoms with Crippen LogP contribution in [0, 0.1) is 11.8 Å². The molecule has 0 amide bonds. The number of carbonyl (C=O) groups is 1. The molecular weight excluding hydrogens is 198 g/mol. The van der Waals surface area contributed by atoms with Gasteiger partial charge in [-0.15, -0.1) is 0 Å². The van der Waals surface area contributed by atoms with Gasteiger partial charge < -0.3 is 5.32 Å². The van der Waals surface area contributed by atoms with E-state index in [1.54, 1.807) is 0 Å². The maximum Gasteiger partial charge on any atom is 0.155 e. The molecule has 0 aromatic rings. The molecule has 0 radical (unpaired) electrons. The number of Topliss-reactive ketones (excluding diaryl/α,β-unsaturated/α-hetero) is 1. The highest BCUT2D eigenvalue weighted by Crippen LogP contribution is 2.33. The molecule has 1 fully saturated rings. The van der Waals surface area contributed by atoms with E-state index in [4.69, 9.17) is 0 Å². The molecule has 0 bridgehead atoms. The van der Waals surface area contributed by atoms with Crippen molar-refractivity contribution in [3.05, 3.63) is 0 Å². The lowest BCUT2D eigenvalue weighted by Gasteiger charge is -2.33. The summed E-state index contributed by atoms with van der Waals surface area (Å²) in [6.45, 7) is 9.22. The number of likely N-dealkylation sites (N-methyl/N-ethyl adjacent to an activating group) is 1. The number of rotatable bonds is 5. The number of hydrogen-bond donors (Lipinski definition) is 1. The van der Waals surface area contributed by atoms with Gasteiger partial charge in [-0.3, -0.25) is 4.79 Å². The monoisotopic (exact) mass is 225 g/mol. The molecule has 1 N–H and O–H groups in total. The van der Waals surface area contributed by atoms with Crippen LogP contribution < -0.4 is 5.32 Å². The first-order valence-corrected chi connectivity index (χ1v) is 6.80. The van der Waals surface area contributed by atoms with Crippen molar-refractivity contribution in [1.29, 1.82) is 0 Å². The van der Waals surface area contributed by atoms with E-state index < -0.39 is 0 Å². The molecule has 0 unspecified atom stereocenters. The highest BCUT2D eigenvalue weighted by Gasteiger charge is 2.34. The molecule has 1 aliphatic rings. The molecule has 16 heavy (non-hydrogen) atoms. The zero-order chi connectivity index (χ0) is 12.2. The van der Waals surface area contributed by atoms with Gasteiger partial charge in [0.05, 0.1) is 5.54 Å². The zero-order valence-electron chi connectivity index (χ0n) is 11.3. The quantitative estimate of drug-likeness (QED) is 0.778. The molecule has 2 nitrogen and oxygen atoms in total. The van der Waals surface area contributed by atoms with Crippen LogP contribution in [0.3, 0.4) is 0 Å². The SMILES string of the molecule is CCNC(C)(C)C(=O)C1CCC(CC)CC1. The number of ketones is 1. The van der Waals surface area contributed by atoms with Gasteiger partial charge in [0.15, 0.2) is 5.78 Å².